The largest absolute Gasteiger partial charge is 0.486 e. The van der Waals surface area contributed by atoms with Crippen molar-refractivity contribution in [2.45, 2.75) is 32.2 Å². The Balaban J connectivity index is 1.31. The summed E-state index contributed by atoms with van der Waals surface area (Å²) in [6.45, 7) is 4.13. The molecule has 2 aromatic carbocycles. The molecule has 1 saturated heterocycles. The normalized spacial score (nSPS) is 21.7. The smallest absolute Gasteiger partial charge is 0.163 e. The van der Waals surface area contributed by atoms with Gasteiger partial charge in [-0.15, -0.1) is 0 Å². The van der Waals surface area contributed by atoms with Gasteiger partial charge in [-0.3, -0.25) is 9.69 Å². The Morgan fingerprint density at radius 2 is 2.00 bits per heavy atom. The first kappa shape index (κ1) is 19.1. The van der Waals surface area contributed by atoms with Crippen molar-refractivity contribution in [2.75, 3.05) is 26.8 Å². The Labute approximate surface area is 176 Å². The molecule has 156 valence electrons. The summed E-state index contributed by atoms with van der Waals surface area (Å²) in [7, 11) is 2.14. The Hall–Kier alpha value is -2.86. The highest BCUT2D eigenvalue weighted by Crippen LogP contribution is 2.36. The number of rotatable bonds is 4. The number of ether oxygens (including phenoxy) is 2. The molecule has 1 N–H and O–H groups in total. The number of likely N-dealkylation sites (tertiary alicyclic amines) is 1. The van der Waals surface area contributed by atoms with Crippen LogP contribution in [0.2, 0.25) is 0 Å². The second-order valence-electron chi connectivity index (χ2n) is 8.52. The highest BCUT2D eigenvalue weighted by Gasteiger charge is 2.31. The number of Topliss-reactive ketones (excluding diaryl/α,β-unsaturated/α-hetero) is 1. The number of aromatic amines is 1. The number of ketones is 1. The summed E-state index contributed by atoms with van der Waals surface area (Å²) >= 11 is 0. The molecule has 0 unspecified atom stereocenters. The number of carbonyl (C=O) groups excluding carboxylic acids is 1. The van der Waals surface area contributed by atoms with Crippen LogP contribution >= 0.6 is 0 Å². The summed E-state index contributed by atoms with van der Waals surface area (Å²) < 4.78 is 11.2. The predicted octanol–water partition coefficient (Wildman–Crippen LogP) is 4.30. The first-order valence-corrected chi connectivity index (χ1v) is 10.7. The maximum atomic E-state index is 13.0. The summed E-state index contributed by atoms with van der Waals surface area (Å²) in [5.74, 6) is 2.89. The van der Waals surface area contributed by atoms with Crippen molar-refractivity contribution in [3.8, 4) is 11.5 Å². The van der Waals surface area contributed by atoms with E-state index in [1.165, 1.54) is 5.56 Å². The van der Waals surface area contributed by atoms with Gasteiger partial charge in [0, 0.05) is 12.0 Å². The van der Waals surface area contributed by atoms with E-state index in [0.29, 0.717) is 36.9 Å². The van der Waals surface area contributed by atoms with Crippen molar-refractivity contribution in [3.63, 3.8) is 0 Å². The van der Waals surface area contributed by atoms with Gasteiger partial charge in [-0.2, -0.15) is 0 Å². The Morgan fingerprint density at radius 3 is 2.87 bits per heavy atom. The molecule has 3 heterocycles. The highest BCUT2D eigenvalue weighted by molar-refractivity contribution is 5.96. The van der Waals surface area contributed by atoms with Crippen molar-refractivity contribution in [1.29, 1.82) is 0 Å². The molecule has 0 amide bonds. The summed E-state index contributed by atoms with van der Waals surface area (Å²) in [6, 6.07) is 12.0. The van der Waals surface area contributed by atoms with E-state index < -0.39 is 0 Å². The molecule has 2 aliphatic rings. The monoisotopic (exact) mass is 405 g/mol. The number of piperidine rings is 1. The van der Waals surface area contributed by atoms with Gasteiger partial charge in [0.2, 0.25) is 0 Å². The van der Waals surface area contributed by atoms with Gasteiger partial charge >= 0.3 is 0 Å². The van der Waals surface area contributed by atoms with Gasteiger partial charge in [0.05, 0.1) is 17.1 Å². The second-order valence-corrected chi connectivity index (χ2v) is 8.52. The van der Waals surface area contributed by atoms with E-state index in [1.54, 1.807) is 0 Å². The van der Waals surface area contributed by atoms with E-state index in [-0.39, 0.29) is 11.8 Å². The second kappa shape index (κ2) is 7.76. The van der Waals surface area contributed by atoms with Crippen LogP contribution in [0.25, 0.3) is 11.0 Å². The third-order valence-corrected chi connectivity index (χ3v) is 6.29. The first-order chi connectivity index (χ1) is 14.6. The van der Waals surface area contributed by atoms with Crippen molar-refractivity contribution in [2.24, 2.45) is 5.92 Å². The minimum Gasteiger partial charge on any atom is -0.486 e. The number of fused-ring (bicyclic) bond motifs is 2. The Kier molecular flexibility index (Phi) is 4.95. The van der Waals surface area contributed by atoms with Crippen LogP contribution in [0, 0.1) is 12.8 Å². The van der Waals surface area contributed by atoms with Crippen LogP contribution in [0.15, 0.2) is 36.4 Å². The summed E-state index contributed by atoms with van der Waals surface area (Å²) in [6.07, 6.45) is 2.48. The lowest BCUT2D eigenvalue weighted by Gasteiger charge is -2.35. The standard InChI is InChI=1S/C24H27N3O3/c1-15-3-5-18-19(11-15)26-24(25-18)20-12-16(7-8-27(20)2)13-21(28)17-4-6-22-23(14-17)30-10-9-29-22/h3-6,11,14,16,20H,7-10,12-13H2,1-2H3,(H,25,26)/t16-,20-/m1/s1. The van der Waals surface area contributed by atoms with Crippen molar-refractivity contribution >= 4 is 16.8 Å². The van der Waals surface area contributed by atoms with Crippen molar-refractivity contribution in [1.82, 2.24) is 14.9 Å². The zero-order valence-electron chi connectivity index (χ0n) is 17.5. The molecule has 5 rings (SSSR count). The number of carbonyl (C=O) groups is 1. The number of H-pyrrole nitrogens is 1. The molecule has 1 fully saturated rings. The first-order valence-electron chi connectivity index (χ1n) is 10.7. The van der Waals surface area contributed by atoms with Crippen molar-refractivity contribution < 1.29 is 14.3 Å². The molecule has 0 radical (unpaired) electrons. The lowest BCUT2D eigenvalue weighted by Crippen LogP contribution is -2.35. The van der Waals surface area contributed by atoms with Crippen molar-refractivity contribution in [3.05, 3.63) is 53.3 Å². The van der Waals surface area contributed by atoms with Gasteiger partial charge in [-0.25, -0.2) is 4.98 Å². The fourth-order valence-electron chi connectivity index (χ4n) is 4.56. The number of nitrogens with zero attached hydrogens (tertiary/aromatic N) is 2. The molecule has 30 heavy (non-hydrogen) atoms. The lowest BCUT2D eigenvalue weighted by molar-refractivity contribution is 0.0885. The van der Waals surface area contributed by atoms with Crippen LogP contribution in [0.4, 0.5) is 0 Å². The minimum absolute atomic E-state index is 0.167. The van der Waals surface area contributed by atoms with Gasteiger partial charge in [0.15, 0.2) is 17.3 Å². The average Bonchev–Trinajstić information content (AvgIpc) is 3.17. The van der Waals surface area contributed by atoms with E-state index in [9.17, 15) is 4.79 Å². The topological polar surface area (TPSA) is 67.5 Å². The molecule has 0 saturated carbocycles. The van der Waals surface area contributed by atoms with Gasteiger partial charge in [0.25, 0.3) is 0 Å². The molecule has 0 aliphatic carbocycles. The molecule has 3 aromatic rings. The van der Waals surface area contributed by atoms with E-state index in [1.807, 2.05) is 18.2 Å². The zero-order chi connectivity index (χ0) is 20.7. The molecule has 0 bridgehead atoms. The molecule has 1 aromatic heterocycles. The van der Waals surface area contributed by atoms with Gasteiger partial charge in [-0.05, 0) is 75.2 Å². The zero-order valence-corrected chi connectivity index (χ0v) is 17.5. The number of benzene rings is 2. The van der Waals surface area contributed by atoms with Gasteiger partial charge in [0.1, 0.15) is 19.0 Å². The molecule has 2 atom stereocenters. The molecule has 0 spiro atoms. The van der Waals surface area contributed by atoms with Crippen LogP contribution in [0.3, 0.4) is 0 Å². The number of nitrogens with one attached hydrogen (secondary N) is 1. The third-order valence-electron chi connectivity index (χ3n) is 6.29. The predicted molar refractivity (Wildman–Crippen MR) is 115 cm³/mol. The van der Waals surface area contributed by atoms with Crippen LogP contribution in [0.5, 0.6) is 11.5 Å². The van der Waals surface area contributed by atoms with Crippen LogP contribution in [0.1, 0.15) is 47.1 Å². The summed E-state index contributed by atoms with van der Waals surface area (Å²) in [5.41, 5.74) is 4.00. The molecular weight excluding hydrogens is 378 g/mol. The average molecular weight is 405 g/mol. The maximum absolute atomic E-state index is 13.0. The van der Waals surface area contributed by atoms with Crippen LogP contribution < -0.4 is 9.47 Å². The van der Waals surface area contributed by atoms with E-state index in [0.717, 1.165) is 42.0 Å². The number of imidazole rings is 1. The van der Waals surface area contributed by atoms with E-state index in [4.69, 9.17) is 14.5 Å². The van der Waals surface area contributed by atoms with Gasteiger partial charge in [-0.1, -0.05) is 6.07 Å². The number of hydrogen-bond acceptors (Lipinski definition) is 5. The van der Waals surface area contributed by atoms with E-state index >= 15 is 0 Å². The van der Waals surface area contributed by atoms with Gasteiger partial charge < -0.3 is 14.5 Å². The minimum atomic E-state index is 0.167. The number of hydrogen-bond donors (Lipinski definition) is 1. The lowest BCUT2D eigenvalue weighted by atomic mass is 9.85. The quantitative estimate of drug-likeness (QED) is 0.656. The Bertz CT molecular complexity index is 1090. The fourth-order valence-corrected chi connectivity index (χ4v) is 4.56. The third kappa shape index (κ3) is 3.67. The maximum Gasteiger partial charge on any atom is 0.163 e. The number of aryl methyl sites for hydroxylation is 1. The highest BCUT2D eigenvalue weighted by atomic mass is 16.6. The van der Waals surface area contributed by atoms with Crippen LogP contribution in [-0.4, -0.2) is 47.5 Å². The number of aromatic nitrogens is 2. The molecule has 2 aliphatic heterocycles. The summed E-state index contributed by atoms with van der Waals surface area (Å²) in [4.78, 5) is 23.7. The van der Waals surface area contributed by atoms with E-state index in [2.05, 4.69) is 42.1 Å². The molecular formula is C24H27N3O3. The fraction of sp³-hybridized carbons (Fsp3) is 0.417. The summed E-state index contributed by atoms with van der Waals surface area (Å²) in [5, 5.41) is 0. The Morgan fingerprint density at radius 1 is 1.17 bits per heavy atom. The molecule has 6 heteroatoms. The van der Waals surface area contributed by atoms with Crippen LogP contribution in [-0.2, 0) is 0 Å². The molecule has 6 nitrogen and oxygen atoms in total. The SMILES string of the molecule is Cc1ccc2nc([C@H]3C[C@H](CC(=O)c4ccc5c(c4)OCCO5)CCN3C)[nH]c2c1.